The van der Waals surface area contributed by atoms with E-state index in [9.17, 15) is 0 Å². The molecule has 3 aliphatic rings. The molecular formula is C69H47N3. The zero-order valence-corrected chi connectivity index (χ0v) is 39.5. The normalized spacial score (nSPS) is 14.9. The van der Waals surface area contributed by atoms with Crippen LogP contribution in [0, 0.1) is 0 Å². The molecule has 3 heteroatoms. The van der Waals surface area contributed by atoms with Crippen LogP contribution in [-0.2, 0) is 5.41 Å². The first kappa shape index (κ1) is 41.6. The number of fused-ring (bicyclic) bond motifs is 11. The van der Waals surface area contributed by atoms with E-state index in [1.54, 1.807) is 0 Å². The molecule has 338 valence electrons. The van der Waals surface area contributed by atoms with Crippen LogP contribution < -0.4 is 10.2 Å². The number of para-hydroxylation sites is 3. The second kappa shape index (κ2) is 17.0. The Morgan fingerprint density at radius 2 is 0.903 bits per heavy atom. The van der Waals surface area contributed by atoms with Crippen LogP contribution in [0.2, 0.25) is 0 Å². The van der Waals surface area contributed by atoms with E-state index in [0.29, 0.717) is 0 Å². The molecule has 0 aromatic heterocycles. The van der Waals surface area contributed by atoms with E-state index in [1.807, 2.05) is 6.07 Å². The zero-order valence-electron chi connectivity index (χ0n) is 39.5. The monoisotopic (exact) mass is 917 g/mol. The molecule has 2 heterocycles. The third-order valence-electron chi connectivity index (χ3n) is 15.1. The van der Waals surface area contributed by atoms with Crippen molar-refractivity contribution in [1.82, 2.24) is 5.32 Å². The Morgan fingerprint density at radius 3 is 1.61 bits per heavy atom. The van der Waals surface area contributed by atoms with E-state index >= 15 is 0 Å². The fourth-order valence-corrected chi connectivity index (χ4v) is 11.8. The van der Waals surface area contributed by atoms with Crippen LogP contribution >= 0.6 is 0 Å². The SMILES string of the molecule is C1=C(c2cccc(-c3ccc(-c4ccc5c(c4)C4(c6ccccc6N(c6ccccc6)c6ccccc64)c4ccc6ccccc6c4-5)cc3)c2)N=C(c2ccccc2)NC1c1ccc(-c2ccccc2)cc1. The molecule has 0 saturated carbocycles. The Kier molecular flexibility index (Phi) is 9.82. The number of hydrogen-bond donors (Lipinski definition) is 1. The highest BCUT2D eigenvalue weighted by Gasteiger charge is 2.52. The highest BCUT2D eigenvalue weighted by atomic mass is 15.2. The molecule has 0 saturated heterocycles. The standard InChI is InChI=1S/C69H47N3/c1-4-17-46(18-5-1)47-35-37-51(38-36-47)63-45-64(71-68(70-63)52-20-6-2-7-21-52)55-23-16-22-53(43-55)48-31-33-49(34-32-48)54-39-41-58-62(44-54)69(61-42-40-50-19-10-11-26-57(50)67(58)61)59-27-12-14-29-65(59)72(56-24-8-3-9-25-56)66-30-15-13-28-60(66)69/h1-45,63H,(H,70,71). The van der Waals surface area contributed by atoms with Gasteiger partial charge in [-0.05, 0) is 126 Å². The van der Waals surface area contributed by atoms with Crippen molar-refractivity contribution in [2.45, 2.75) is 11.5 Å². The van der Waals surface area contributed by atoms with Gasteiger partial charge in [0.2, 0.25) is 0 Å². The number of nitrogens with one attached hydrogen (secondary N) is 1. The van der Waals surface area contributed by atoms with Crippen LogP contribution in [0.1, 0.15) is 45.0 Å². The fourth-order valence-electron chi connectivity index (χ4n) is 11.8. The lowest BCUT2D eigenvalue weighted by Crippen LogP contribution is -2.36. The van der Waals surface area contributed by atoms with Gasteiger partial charge in [-0.25, -0.2) is 4.99 Å². The van der Waals surface area contributed by atoms with Gasteiger partial charge in [-0.3, -0.25) is 0 Å². The third kappa shape index (κ3) is 6.70. The Labute approximate surface area is 420 Å². The number of nitrogens with zero attached hydrogens (tertiary/aromatic N) is 2. The van der Waals surface area contributed by atoms with Gasteiger partial charge in [0, 0.05) is 16.8 Å². The highest BCUT2D eigenvalue weighted by molar-refractivity contribution is 6.07. The molecule has 72 heavy (non-hydrogen) atoms. The van der Waals surface area contributed by atoms with E-state index in [2.05, 4.69) is 277 Å². The van der Waals surface area contributed by atoms with Crippen LogP contribution in [0.4, 0.5) is 17.1 Å². The maximum Gasteiger partial charge on any atom is 0.134 e. The first-order valence-electron chi connectivity index (χ1n) is 24.9. The first-order chi connectivity index (χ1) is 35.7. The average molecular weight is 918 g/mol. The van der Waals surface area contributed by atoms with Crippen LogP contribution in [0.5, 0.6) is 0 Å². The second-order valence-corrected chi connectivity index (χ2v) is 19.1. The van der Waals surface area contributed by atoms with Crippen LogP contribution in [0.25, 0.3) is 61.0 Å². The maximum atomic E-state index is 5.26. The van der Waals surface area contributed by atoms with Gasteiger partial charge in [-0.1, -0.05) is 231 Å². The molecule has 1 N–H and O–H groups in total. The minimum Gasteiger partial charge on any atom is -0.359 e. The molecule has 1 spiro atoms. The van der Waals surface area contributed by atoms with Crippen molar-refractivity contribution in [1.29, 1.82) is 0 Å². The minimum atomic E-state index is -0.555. The Bertz CT molecular complexity index is 3880. The van der Waals surface area contributed by atoms with Crippen molar-refractivity contribution >= 4 is 39.4 Å². The lowest BCUT2D eigenvalue weighted by atomic mass is 9.64. The summed E-state index contributed by atoms with van der Waals surface area (Å²) in [7, 11) is 0. The van der Waals surface area contributed by atoms with Gasteiger partial charge in [0.1, 0.15) is 5.84 Å². The first-order valence-corrected chi connectivity index (χ1v) is 24.9. The lowest BCUT2D eigenvalue weighted by Gasteiger charge is -2.45. The van der Waals surface area contributed by atoms with Crippen molar-refractivity contribution < 1.29 is 0 Å². The fraction of sp³-hybridized carbons (Fsp3) is 0.0290. The number of aliphatic imine (C=N–C) groups is 1. The van der Waals surface area contributed by atoms with Crippen molar-refractivity contribution in [3.63, 3.8) is 0 Å². The molecule has 1 atom stereocenters. The maximum absolute atomic E-state index is 5.26. The smallest absolute Gasteiger partial charge is 0.134 e. The molecule has 0 fully saturated rings. The summed E-state index contributed by atoms with van der Waals surface area (Å²) in [5, 5.41) is 6.28. The quantitative estimate of drug-likeness (QED) is 0.172. The largest absolute Gasteiger partial charge is 0.359 e. The van der Waals surface area contributed by atoms with E-state index in [4.69, 9.17) is 4.99 Å². The number of anilines is 3. The number of hydrogen-bond acceptors (Lipinski definition) is 3. The molecule has 0 amide bonds. The summed E-state index contributed by atoms with van der Waals surface area (Å²) >= 11 is 0. The van der Waals surface area contributed by atoms with Gasteiger partial charge in [-0.2, -0.15) is 0 Å². The summed E-state index contributed by atoms with van der Waals surface area (Å²) < 4.78 is 0. The summed E-state index contributed by atoms with van der Waals surface area (Å²) in [5.74, 6) is 0.862. The summed E-state index contributed by atoms with van der Waals surface area (Å²) in [6, 6.07) is 97.5. The van der Waals surface area contributed by atoms with Crippen molar-refractivity contribution in [3.05, 3.63) is 312 Å². The van der Waals surface area contributed by atoms with E-state index in [0.717, 1.165) is 39.5 Å². The Balaban J connectivity index is 0.855. The molecule has 1 aliphatic carbocycles. The van der Waals surface area contributed by atoms with E-state index in [1.165, 1.54) is 83.3 Å². The third-order valence-corrected chi connectivity index (χ3v) is 15.1. The highest BCUT2D eigenvalue weighted by Crippen LogP contribution is 2.64. The predicted molar refractivity (Wildman–Crippen MR) is 299 cm³/mol. The molecule has 14 rings (SSSR count). The topological polar surface area (TPSA) is 27.6 Å². The molecule has 0 bridgehead atoms. The summed E-state index contributed by atoms with van der Waals surface area (Å²) in [5.41, 5.74) is 22.1. The summed E-state index contributed by atoms with van der Waals surface area (Å²) in [4.78, 5) is 7.71. The molecular weight excluding hydrogens is 871 g/mol. The van der Waals surface area contributed by atoms with Gasteiger partial charge in [0.15, 0.2) is 0 Å². The number of benzene rings is 11. The summed E-state index contributed by atoms with van der Waals surface area (Å²) in [6.45, 7) is 0. The van der Waals surface area contributed by atoms with Crippen LogP contribution in [0.3, 0.4) is 0 Å². The Hall–Kier alpha value is -9.31. The second-order valence-electron chi connectivity index (χ2n) is 19.1. The van der Waals surface area contributed by atoms with E-state index in [-0.39, 0.29) is 6.04 Å². The van der Waals surface area contributed by atoms with Crippen LogP contribution in [0.15, 0.2) is 278 Å². The number of amidine groups is 1. The Morgan fingerprint density at radius 1 is 0.375 bits per heavy atom. The zero-order chi connectivity index (χ0) is 47.6. The molecule has 1 unspecified atom stereocenters. The lowest BCUT2D eigenvalue weighted by molar-refractivity contribution is 0.753. The van der Waals surface area contributed by atoms with Gasteiger partial charge < -0.3 is 10.2 Å². The number of rotatable bonds is 7. The average Bonchev–Trinajstić information content (AvgIpc) is 3.76. The molecule has 11 aromatic carbocycles. The summed E-state index contributed by atoms with van der Waals surface area (Å²) in [6.07, 6.45) is 2.26. The molecule has 2 aliphatic heterocycles. The predicted octanol–water partition coefficient (Wildman–Crippen LogP) is 17.1. The van der Waals surface area contributed by atoms with Gasteiger partial charge >= 0.3 is 0 Å². The van der Waals surface area contributed by atoms with Gasteiger partial charge in [0.05, 0.1) is 28.5 Å². The van der Waals surface area contributed by atoms with Crippen LogP contribution in [-0.4, -0.2) is 5.84 Å². The van der Waals surface area contributed by atoms with Crippen molar-refractivity contribution in [2.24, 2.45) is 4.99 Å². The van der Waals surface area contributed by atoms with Crippen molar-refractivity contribution in [3.8, 4) is 44.5 Å². The molecule has 11 aromatic rings. The van der Waals surface area contributed by atoms with Gasteiger partial charge in [0.25, 0.3) is 0 Å². The van der Waals surface area contributed by atoms with Crippen molar-refractivity contribution in [2.75, 3.05) is 4.90 Å². The molecule has 3 nitrogen and oxygen atoms in total. The molecule has 0 radical (unpaired) electrons. The van der Waals surface area contributed by atoms with Gasteiger partial charge in [-0.15, -0.1) is 0 Å². The van der Waals surface area contributed by atoms with E-state index < -0.39 is 5.41 Å². The minimum absolute atomic E-state index is 0.0585.